The number of hydrogen-bond acceptors (Lipinski definition) is 4. The molecule has 112 valence electrons. The number of aromatic nitrogens is 1. The third kappa shape index (κ3) is 4.42. The van der Waals surface area contributed by atoms with Crippen molar-refractivity contribution in [1.82, 2.24) is 4.98 Å². The summed E-state index contributed by atoms with van der Waals surface area (Å²) < 4.78 is 69.6. The second kappa shape index (κ2) is 6.50. The van der Waals surface area contributed by atoms with Crippen LogP contribution in [0.1, 0.15) is 29.4 Å². The summed E-state index contributed by atoms with van der Waals surface area (Å²) in [6.07, 6.45) is -8.46. The van der Waals surface area contributed by atoms with Crippen LogP contribution in [0.15, 0.2) is 6.07 Å². The Labute approximate surface area is 123 Å². The molecule has 0 aliphatic rings. The topological polar surface area (TPSA) is 48.4 Å². The smallest absolute Gasteiger partial charge is 0.462 e. The molecule has 0 aromatic carbocycles. The number of rotatable bonds is 4. The molecule has 0 radical (unpaired) electrons. The van der Waals surface area contributed by atoms with E-state index in [-0.39, 0.29) is 15.9 Å². The van der Waals surface area contributed by atoms with Crippen molar-refractivity contribution in [3.63, 3.8) is 0 Å². The van der Waals surface area contributed by atoms with E-state index in [2.05, 4.69) is 14.5 Å². The van der Waals surface area contributed by atoms with Crippen molar-refractivity contribution >= 4 is 28.6 Å². The van der Waals surface area contributed by atoms with Crippen molar-refractivity contribution in [3.05, 3.63) is 21.0 Å². The lowest BCUT2D eigenvalue weighted by Crippen LogP contribution is -2.20. The predicted octanol–water partition coefficient (Wildman–Crippen LogP) is 3.70. The van der Waals surface area contributed by atoms with E-state index < -0.39 is 30.2 Å². The molecule has 1 aromatic heterocycles. The van der Waals surface area contributed by atoms with Gasteiger partial charge in [0.2, 0.25) is 0 Å². The summed E-state index contributed by atoms with van der Waals surface area (Å²) in [7, 11) is 0. The molecule has 0 unspecified atom stereocenters. The zero-order valence-electron chi connectivity index (χ0n) is 9.80. The number of carbonyl (C=O) groups excluding carboxylic acids is 1. The normalized spacial score (nSPS) is 11.6. The molecule has 0 atom stereocenters. The molecule has 1 rings (SSSR count). The summed E-state index contributed by atoms with van der Waals surface area (Å²) in [5.41, 5.74) is -1.57. The zero-order chi connectivity index (χ0) is 15.5. The first-order valence-electron chi connectivity index (χ1n) is 5.07. The van der Waals surface area contributed by atoms with E-state index >= 15 is 0 Å². The average molecular weight is 411 g/mol. The van der Waals surface area contributed by atoms with E-state index in [0.29, 0.717) is 6.07 Å². The highest BCUT2D eigenvalue weighted by molar-refractivity contribution is 14.1. The van der Waals surface area contributed by atoms with Gasteiger partial charge in [0.1, 0.15) is 9.39 Å². The molecule has 4 nitrogen and oxygen atoms in total. The third-order valence-electron chi connectivity index (χ3n) is 1.90. The summed E-state index contributed by atoms with van der Waals surface area (Å²) in [5, 5.41) is 0. The van der Waals surface area contributed by atoms with Gasteiger partial charge in [0.05, 0.1) is 12.2 Å². The first kappa shape index (κ1) is 16.9. The second-order valence-corrected chi connectivity index (χ2v) is 4.30. The van der Waals surface area contributed by atoms with Gasteiger partial charge in [-0.3, -0.25) is 0 Å². The number of ether oxygens (including phenoxy) is 2. The van der Waals surface area contributed by atoms with E-state index in [0.717, 1.165) is 0 Å². The second-order valence-electron chi connectivity index (χ2n) is 3.28. The maximum atomic E-state index is 12.6. The van der Waals surface area contributed by atoms with Crippen LogP contribution in [0.2, 0.25) is 0 Å². The van der Waals surface area contributed by atoms with Crippen LogP contribution in [-0.2, 0) is 4.74 Å². The first-order chi connectivity index (χ1) is 9.15. The Kier molecular flexibility index (Phi) is 5.48. The molecule has 0 amide bonds. The molecule has 0 fully saturated rings. The number of nitrogens with zero attached hydrogens (tertiary/aromatic N) is 1. The van der Waals surface area contributed by atoms with Crippen LogP contribution in [0.3, 0.4) is 0 Å². The molecule has 0 spiro atoms. The van der Waals surface area contributed by atoms with Crippen LogP contribution >= 0.6 is 22.6 Å². The molecule has 0 saturated heterocycles. The van der Waals surface area contributed by atoms with E-state index in [9.17, 15) is 26.7 Å². The van der Waals surface area contributed by atoms with Gasteiger partial charge < -0.3 is 9.47 Å². The Morgan fingerprint density at radius 2 is 2.05 bits per heavy atom. The van der Waals surface area contributed by atoms with E-state index in [4.69, 9.17) is 0 Å². The van der Waals surface area contributed by atoms with Crippen molar-refractivity contribution in [2.75, 3.05) is 6.61 Å². The molecular formula is C10H7F5INO3. The van der Waals surface area contributed by atoms with E-state index in [1.807, 2.05) is 0 Å². The van der Waals surface area contributed by atoms with Gasteiger partial charge >= 0.3 is 12.3 Å². The minimum Gasteiger partial charge on any atom is -0.462 e. The van der Waals surface area contributed by atoms with E-state index in [1.54, 1.807) is 0 Å². The highest BCUT2D eigenvalue weighted by atomic mass is 127. The Balaban J connectivity index is 3.30. The molecule has 20 heavy (non-hydrogen) atoms. The monoisotopic (exact) mass is 411 g/mol. The molecule has 0 saturated carbocycles. The SMILES string of the molecule is CCOC(=O)c1cc(OC(F)(F)F)c(C(F)F)nc1I. The minimum absolute atomic E-state index is 0.0268. The van der Waals surface area contributed by atoms with Crippen molar-refractivity contribution in [1.29, 1.82) is 0 Å². The number of pyridine rings is 1. The number of hydrogen-bond donors (Lipinski definition) is 0. The van der Waals surface area contributed by atoms with Crippen molar-refractivity contribution in [2.24, 2.45) is 0 Å². The Morgan fingerprint density at radius 1 is 1.45 bits per heavy atom. The van der Waals surface area contributed by atoms with Gasteiger partial charge in [-0.25, -0.2) is 18.6 Å². The Morgan fingerprint density at radius 3 is 2.50 bits per heavy atom. The lowest BCUT2D eigenvalue weighted by atomic mass is 10.2. The number of carbonyl (C=O) groups is 1. The van der Waals surface area contributed by atoms with Crippen LogP contribution in [0.5, 0.6) is 5.75 Å². The van der Waals surface area contributed by atoms with Crippen LogP contribution in [0.4, 0.5) is 22.0 Å². The molecule has 0 bridgehead atoms. The summed E-state index contributed by atoms with van der Waals surface area (Å²) in [4.78, 5) is 14.7. The van der Waals surface area contributed by atoms with Crippen molar-refractivity contribution in [3.8, 4) is 5.75 Å². The summed E-state index contributed by atoms with van der Waals surface area (Å²) in [6, 6.07) is 0.543. The van der Waals surface area contributed by atoms with Gasteiger partial charge in [0.15, 0.2) is 5.75 Å². The molecular weight excluding hydrogens is 404 g/mol. The lowest BCUT2D eigenvalue weighted by Gasteiger charge is -2.14. The van der Waals surface area contributed by atoms with Gasteiger partial charge in [0, 0.05) is 0 Å². The van der Waals surface area contributed by atoms with Crippen molar-refractivity contribution in [2.45, 2.75) is 19.7 Å². The van der Waals surface area contributed by atoms with Gasteiger partial charge in [-0.05, 0) is 35.6 Å². The number of alkyl halides is 5. The molecule has 1 heterocycles. The summed E-state index contributed by atoms with van der Waals surface area (Å²) >= 11 is 1.45. The quantitative estimate of drug-likeness (QED) is 0.328. The summed E-state index contributed by atoms with van der Waals surface area (Å²) in [6.45, 7) is 1.46. The van der Waals surface area contributed by atoms with Crippen LogP contribution in [0.25, 0.3) is 0 Å². The number of esters is 1. The van der Waals surface area contributed by atoms with E-state index in [1.165, 1.54) is 29.5 Å². The molecule has 0 aliphatic heterocycles. The molecule has 0 N–H and O–H groups in total. The Hall–Kier alpha value is -1.20. The maximum absolute atomic E-state index is 12.6. The molecule has 1 aromatic rings. The number of halogens is 6. The molecule has 10 heteroatoms. The first-order valence-corrected chi connectivity index (χ1v) is 6.15. The fourth-order valence-corrected chi connectivity index (χ4v) is 1.84. The Bertz CT molecular complexity index is 506. The minimum atomic E-state index is -5.18. The maximum Gasteiger partial charge on any atom is 0.573 e. The standard InChI is InChI=1S/C10H7F5INO3/c1-2-19-9(18)4-3-5(20-10(13,14)15)6(7(11)12)17-8(4)16/h3,7H,2H2,1H3. The van der Waals surface area contributed by atoms with Crippen LogP contribution in [0, 0.1) is 3.70 Å². The highest BCUT2D eigenvalue weighted by Crippen LogP contribution is 2.33. The highest BCUT2D eigenvalue weighted by Gasteiger charge is 2.35. The largest absolute Gasteiger partial charge is 0.573 e. The summed E-state index contributed by atoms with van der Waals surface area (Å²) in [5.74, 6) is -2.20. The van der Waals surface area contributed by atoms with Crippen molar-refractivity contribution < 1.29 is 36.2 Å². The van der Waals surface area contributed by atoms with Crippen LogP contribution < -0.4 is 4.74 Å². The molecule has 0 aliphatic carbocycles. The lowest BCUT2D eigenvalue weighted by molar-refractivity contribution is -0.275. The van der Waals surface area contributed by atoms with Gasteiger partial charge in [-0.2, -0.15) is 0 Å². The average Bonchev–Trinajstić information content (AvgIpc) is 2.29. The van der Waals surface area contributed by atoms with Gasteiger partial charge in [-0.15, -0.1) is 13.2 Å². The predicted molar refractivity (Wildman–Crippen MR) is 64.6 cm³/mol. The fourth-order valence-electron chi connectivity index (χ4n) is 1.20. The van der Waals surface area contributed by atoms with Crippen LogP contribution in [-0.4, -0.2) is 23.9 Å². The zero-order valence-corrected chi connectivity index (χ0v) is 12.0. The third-order valence-corrected chi connectivity index (χ3v) is 2.72. The van der Waals surface area contributed by atoms with Gasteiger partial charge in [0.25, 0.3) is 6.43 Å². The van der Waals surface area contributed by atoms with Gasteiger partial charge in [-0.1, -0.05) is 0 Å². The fraction of sp³-hybridized carbons (Fsp3) is 0.400.